The molecule has 1 N–H and O–H groups in total. The third-order valence-electron chi connectivity index (χ3n) is 4.88. The van der Waals surface area contributed by atoms with E-state index in [1.807, 2.05) is 0 Å². The van der Waals surface area contributed by atoms with Crippen LogP contribution >= 0.6 is 0 Å². The van der Waals surface area contributed by atoms with Gasteiger partial charge in [0.25, 0.3) is 0 Å². The summed E-state index contributed by atoms with van der Waals surface area (Å²) in [6, 6.07) is 4.54. The van der Waals surface area contributed by atoms with Crippen molar-refractivity contribution in [1.82, 2.24) is 5.32 Å². The average molecular weight is 391 g/mol. The fourth-order valence-corrected chi connectivity index (χ4v) is 4.55. The Kier molecular flexibility index (Phi) is 6.71. The Morgan fingerprint density at radius 2 is 1.81 bits per heavy atom. The van der Waals surface area contributed by atoms with Crippen molar-refractivity contribution < 1.29 is 26.4 Å². The molecular formula is C18H24F3NO3S. The van der Waals surface area contributed by atoms with E-state index in [2.05, 4.69) is 5.32 Å². The maximum Gasteiger partial charge on any atom is 0.416 e. The number of sulfone groups is 1. The molecule has 1 aliphatic rings. The van der Waals surface area contributed by atoms with Gasteiger partial charge in [0.15, 0.2) is 9.84 Å². The minimum atomic E-state index is -4.64. The first-order valence-electron chi connectivity index (χ1n) is 8.75. The van der Waals surface area contributed by atoms with E-state index in [4.69, 9.17) is 0 Å². The fraction of sp³-hybridized carbons (Fsp3) is 0.611. The molecule has 0 heterocycles. The monoisotopic (exact) mass is 391 g/mol. The van der Waals surface area contributed by atoms with Crippen LogP contribution in [0.5, 0.6) is 0 Å². The van der Waals surface area contributed by atoms with Crippen molar-refractivity contribution in [1.29, 1.82) is 0 Å². The molecule has 0 aromatic heterocycles. The molecule has 1 aliphatic carbocycles. The number of halogens is 3. The van der Waals surface area contributed by atoms with E-state index < -0.39 is 38.5 Å². The minimum absolute atomic E-state index is 0.341. The molecule has 146 valence electrons. The molecule has 1 atom stereocenters. The van der Waals surface area contributed by atoms with Crippen LogP contribution in [0.4, 0.5) is 13.2 Å². The number of hydrogen-bond donors (Lipinski definition) is 1. The van der Waals surface area contributed by atoms with Crippen LogP contribution in [0, 0.1) is 5.92 Å². The SMILES string of the molecule is C[C@@H](C(=O)NCC1CCCCC1)S(=O)(=O)Cc1ccccc1C(F)(F)F. The molecule has 0 bridgehead atoms. The summed E-state index contributed by atoms with van der Waals surface area (Å²) in [6.07, 6.45) is 0.735. The molecular weight excluding hydrogens is 367 g/mol. The molecule has 26 heavy (non-hydrogen) atoms. The van der Waals surface area contributed by atoms with Crippen molar-refractivity contribution in [3.63, 3.8) is 0 Å². The number of rotatable bonds is 6. The molecule has 2 rings (SSSR count). The van der Waals surface area contributed by atoms with Crippen LogP contribution in [0.15, 0.2) is 24.3 Å². The average Bonchev–Trinajstić information content (AvgIpc) is 2.59. The van der Waals surface area contributed by atoms with Gasteiger partial charge < -0.3 is 5.32 Å². The van der Waals surface area contributed by atoms with Gasteiger partial charge in [-0.1, -0.05) is 37.5 Å². The molecule has 0 unspecified atom stereocenters. The lowest BCUT2D eigenvalue weighted by Gasteiger charge is -2.23. The second-order valence-electron chi connectivity index (χ2n) is 6.85. The highest BCUT2D eigenvalue weighted by molar-refractivity contribution is 7.92. The molecule has 0 spiro atoms. The number of carbonyl (C=O) groups is 1. The minimum Gasteiger partial charge on any atom is -0.355 e. The van der Waals surface area contributed by atoms with Gasteiger partial charge in [0, 0.05) is 6.54 Å². The Hall–Kier alpha value is -1.57. The zero-order chi connectivity index (χ0) is 19.4. The van der Waals surface area contributed by atoms with Gasteiger partial charge in [0.2, 0.25) is 5.91 Å². The van der Waals surface area contributed by atoms with Crippen LogP contribution in [0.3, 0.4) is 0 Å². The highest BCUT2D eigenvalue weighted by Crippen LogP contribution is 2.33. The second-order valence-corrected chi connectivity index (χ2v) is 9.18. The first kappa shape index (κ1) is 20.7. The van der Waals surface area contributed by atoms with E-state index in [0.29, 0.717) is 12.5 Å². The number of carbonyl (C=O) groups excluding carboxylic acids is 1. The largest absolute Gasteiger partial charge is 0.416 e. The maximum absolute atomic E-state index is 13.0. The first-order chi connectivity index (χ1) is 12.1. The van der Waals surface area contributed by atoms with Gasteiger partial charge in [0.05, 0.1) is 11.3 Å². The van der Waals surface area contributed by atoms with Gasteiger partial charge in [-0.15, -0.1) is 0 Å². The number of alkyl halides is 3. The van der Waals surface area contributed by atoms with Gasteiger partial charge in [-0.3, -0.25) is 4.79 Å². The van der Waals surface area contributed by atoms with E-state index in [1.165, 1.54) is 25.5 Å². The third-order valence-corrected chi connectivity index (χ3v) is 6.88. The predicted octanol–water partition coefficient (Wildman–Crippen LogP) is 3.71. The number of amides is 1. The zero-order valence-corrected chi connectivity index (χ0v) is 15.5. The number of benzene rings is 1. The Morgan fingerprint density at radius 1 is 1.19 bits per heavy atom. The van der Waals surface area contributed by atoms with E-state index in [9.17, 15) is 26.4 Å². The topological polar surface area (TPSA) is 63.2 Å². The van der Waals surface area contributed by atoms with Crippen molar-refractivity contribution in [2.45, 2.75) is 56.2 Å². The second kappa shape index (κ2) is 8.41. The van der Waals surface area contributed by atoms with Crippen LogP contribution in [0.1, 0.15) is 50.2 Å². The molecule has 1 aromatic rings. The van der Waals surface area contributed by atoms with Crippen LogP contribution in [-0.2, 0) is 26.6 Å². The van der Waals surface area contributed by atoms with E-state index in [-0.39, 0.29) is 5.56 Å². The predicted molar refractivity (Wildman–Crippen MR) is 93.1 cm³/mol. The summed E-state index contributed by atoms with van der Waals surface area (Å²) < 4.78 is 64.0. The normalized spacial score (nSPS) is 17.7. The van der Waals surface area contributed by atoms with Gasteiger partial charge in [-0.25, -0.2) is 8.42 Å². The number of hydrogen-bond acceptors (Lipinski definition) is 3. The van der Waals surface area contributed by atoms with Crippen molar-refractivity contribution in [2.75, 3.05) is 6.54 Å². The Balaban J connectivity index is 2.03. The Morgan fingerprint density at radius 3 is 2.42 bits per heavy atom. The van der Waals surface area contributed by atoms with Gasteiger partial charge >= 0.3 is 6.18 Å². The van der Waals surface area contributed by atoms with E-state index in [0.717, 1.165) is 37.8 Å². The maximum atomic E-state index is 13.0. The number of nitrogens with one attached hydrogen (secondary N) is 1. The van der Waals surface area contributed by atoms with Gasteiger partial charge in [-0.2, -0.15) is 13.2 Å². The van der Waals surface area contributed by atoms with E-state index >= 15 is 0 Å². The van der Waals surface area contributed by atoms with E-state index in [1.54, 1.807) is 0 Å². The molecule has 0 aliphatic heterocycles. The van der Waals surface area contributed by atoms with Crippen LogP contribution in [0.25, 0.3) is 0 Å². The van der Waals surface area contributed by atoms with Crippen molar-refractivity contribution >= 4 is 15.7 Å². The summed E-state index contributed by atoms with van der Waals surface area (Å²) in [6.45, 7) is 1.64. The Labute approximate surface area is 152 Å². The summed E-state index contributed by atoms with van der Waals surface area (Å²) >= 11 is 0. The van der Waals surface area contributed by atoms with Crippen LogP contribution < -0.4 is 5.32 Å². The third kappa shape index (κ3) is 5.46. The first-order valence-corrected chi connectivity index (χ1v) is 10.5. The molecule has 8 heteroatoms. The molecule has 1 fully saturated rings. The Bertz CT molecular complexity index is 725. The smallest absolute Gasteiger partial charge is 0.355 e. The summed E-state index contributed by atoms with van der Waals surface area (Å²) in [7, 11) is -4.06. The summed E-state index contributed by atoms with van der Waals surface area (Å²) in [4.78, 5) is 12.2. The standard InChI is InChI=1S/C18H24F3NO3S/c1-13(17(23)22-11-14-7-3-2-4-8-14)26(24,25)12-15-9-5-6-10-16(15)18(19,20)21/h5-6,9-10,13-14H,2-4,7-8,11-12H2,1H3,(H,22,23)/t13-/m0/s1. The molecule has 0 radical (unpaired) electrons. The van der Waals surface area contributed by atoms with Crippen LogP contribution in [-0.4, -0.2) is 26.1 Å². The molecule has 4 nitrogen and oxygen atoms in total. The molecule has 0 saturated heterocycles. The van der Waals surface area contributed by atoms with Crippen molar-refractivity contribution in [2.24, 2.45) is 5.92 Å². The summed E-state index contributed by atoms with van der Waals surface area (Å²) in [5, 5.41) is 1.25. The lowest BCUT2D eigenvalue weighted by molar-refractivity contribution is -0.138. The van der Waals surface area contributed by atoms with Gasteiger partial charge in [-0.05, 0) is 37.3 Å². The highest BCUT2D eigenvalue weighted by atomic mass is 32.2. The van der Waals surface area contributed by atoms with Gasteiger partial charge in [0.1, 0.15) is 5.25 Å². The lowest BCUT2D eigenvalue weighted by atomic mass is 9.89. The van der Waals surface area contributed by atoms with Crippen molar-refractivity contribution in [3.8, 4) is 0 Å². The van der Waals surface area contributed by atoms with Crippen LogP contribution in [0.2, 0.25) is 0 Å². The summed E-state index contributed by atoms with van der Waals surface area (Å²) in [5.74, 6) is -1.13. The zero-order valence-electron chi connectivity index (χ0n) is 14.7. The van der Waals surface area contributed by atoms with Crippen molar-refractivity contribution in [3.05, 3.63) is 35.4 Å². The summed E-state index contributed by atoms with van der Waals surface area (Å²) in [5.41, 5.74) is -1.33. The molecule has 1 aromatic carbocycles. The molecule has 1 saturated carbocycles. The quantitative estimate of drug-likeness (QED) is 0.804. The molecule has 1 amide bonds. The lowest BCUT2D eigenvalue weighted by Crippen LogP contribution is -2.40. The highest BCUT2D eigenvalue weighted by Gasteiger charge is 2.36. The fourth-order valence-electron chi connectivity index (χ4n) is 3.21.